The summed E-state index contributed by atoms with van der Waals surface area (Å²) in [6, 6.07) is 10.4. The van der Waals surface area contributed by atoms with Gasteiger partial charge >= 0.3 is 0 Å². The maximum Gasteiger partial charge on any atom is 0.259 e. The van der Waals surface area contributed by atoms with E-state index in [0.29, 0.717) is 22.0 Å². The lowest BCUT2D eigenvalue weighted by Crippen LogP contribution is -2.13. The number of anilines is 1. The second kappa shape index (κ2) is 6.61. The van der Waals surface area contributed by atoms with Gasteiger partial charge in [0.2, 0.25) is 0 Å². The first kappa shape index (κ1) is 15.4. The van der Waals surface area contributed by atoms with Crippen LogP contribution in [0.5, 0.6) is 5.75 Å². The van der Waals surface area contributed by atoms with Gasteiger partial charge in [-0.3, -0.25) is 4.79 Å². The molecule has 3 nitrogen and oxygen atoms in total. The van der Waals surface area contributed by atoms with E-state index in [2.05, 4.69) is 37.2 Å². The molecule has 0 spiro atoms. The summed E-state index contributed by atoms with van der Waals surface area (Å²) in [5.74, 6) is 0.258. The van der Waals surface area contributed by atoms with E-state index in [1.165, 1.54) is 7.11 Å². The molecule has 0 atom stereocenters. The first-order valence-corrected chi connectivity index (χ1v) is 7.57. The van der Waals surface area contributed by atoms with E-state index in [9.17, 15) is 4.79 Å². The fourth-order valence-corrected chi connectivity index (χ4v) is 2.46. The standard InChI is InChI=1S/C14H10Br2ClNO2/c1-20-13-6-8(15)2-4-10(13)14(19)18-9-3-5-12(17)11(16)7-9/h2-7H,1H3,(H,18,19). The SMILES string of the molecule is COc1cc(Br)ccc1C(=O)Nc1ccc(Cl)c(Br)c1. The van der Waals surface area contributed by atoms with Crippen molar-refractivity contribution >= 4 is 55.1 Å². The molecule has 0 aliphatic carbocycles. The molecule has 0 aliphatic rings. The Kier molecular flexibility index (Phi) is 5.07. The predicted molar refractivity (Wildman–Crippen MR) is 87.8 cm³/mol. The molecule has 0 unspecified atom stereocenters. The fourth-order valence-electron chi connectivity index (χ4n) is 1.62. The van der Waals surface area contributed by atoms with Crippen molar-refractivity contribution in [2.75, 3.05) is 12.4 Å². The Bertz CT molecular complexity index is 662. The van der Waals surface area contributed by atoms with Crippen molar-refractivity contribution in [3.63, 3.8) is 0 Å². The molecule has 2 aromatic carbocycles. The zero-order valence-corrected chi connectivity index (χ0v) is 14.3. The molecule has 1 N–H and O–H groups in total. The normalized spacial score (nSPS) is 10.2. The summed E-state index contributed by atoms with van der Waals surface area (Å²) in [4.78, 5) is 12.2. The van der Waals surface area contributed by atoms with E-state index in [4.69, 9.17) is 16.3 Å². The molecule has 0 aliphatic heterocycles. The van der Waals surface area contributed by atoms with Crippen LogP contribution in [-0.4, -0.2) is 13.0 Å². The quantitative estimate of drug-likeness (QED) is 0.749. The minimum Gasteiger partial charge on any atom is -0.496 e. The van der Waals surface area contributed by atoms with Gasteiger partial charge in [0.1, 0.15) is 5.75 Å². The van der Waals surface area contributed by atoms with Crippen LogP contribution in [0, 0.1) is 0 Å². The average molecular weight is 420 g/mol. The van der Waals surface area contributed by atoms with E-state index in [-0.39, 0.29) is 5.91 Å². The van der Waals surface area contributed by atoms with E-state index in [1.807, 2.05) is 0 Å². The Morgan fingerprint density at radius 2 is 1.95 bits per heavy atom. The van der Waals surface area contributed by atoms with Gasteiger partial charge in [-0.05, 0) is 52.3 Å². The second-order valence-electron chi connectivity index (χ2n) is 3.93. The summed E-state index contributed by atoms with van der Waals surface area (Å²) in [5, 5.41) is 3.38. The third-order valence-electron chi connectivity index (χ3n) is 2.59. The number of nitrogens with one attached hydrogen (secondary N) is 1. The smallest absolute Gasteiger partial charge is 0.259 e. The maximum atomic E-state index is 12.2. The highest BCUT2D eigenvalue weighted by Gasteiger charge is 2.13. The molecule has 0 radical (unpaired) electrons. The van der Waals surface area contributed by atoms with Crippen LogP contribution in [0.3, 0.4) is 0 Å². The Labute approximate surface area is 138 Å². The molecule has 0 aromatic heterocycles. The summed E-state index contributed by atoms with van der Waals surface area (Å²) >= 11 is 12.6. The van der Waals surface area contributed by atoms with Crippen LogP contribution in [0.2, 0.25) is 5.02 Å². The van der Waals surface area contributed by atoms with Crippen LogP contribution in [0.4, 0.5) is 5.69 Å². The zero-order chi connectivity index (χ0) is 14.7. The van der Waals surface area contributed by atoms with Crippen molar-refractivity contribution < 1.29 is 9.53 Å². The third-order valence-corrected chi connectivity index (χ3v) is 4.29. The van der Waals surface area contributed by atoms with Crippen molar-refractivity contribution in [1.29, 1.82) is 0 Å². The van der Waals surface area contributed by atoms with Crippen molar-refractivity contribution in [2.45, 2.75) is 0 Å². The Morgan fingerprint density at radius 1 is 1.20 bits per heavy atom. The minimum absolute atomic E-state index is 0.247. The topological polar surface area (TPSA) is 38.3 Å². The van der Waals surface area contributed by atoms with E-state index >= 15 is 0 Å². The third kappa shape index (κ3) is 3.53. The number of hydrogen-bond acceptors (Lipinski definition) is 2. The van der Waals surface area contributed by atoms with Gasteiger partial charge in [0.25, 0.3) is 5.91 Å². The largest absolute Gasteiger partial charge is 0.496 e. The summed E-state index contributed by atoms with van der Waals surface area (Å²) < 4.78 is 6.78. The first-order chi connectivity index (χ1) is 9.51. The molecule has 1 amide bonds. The van der Waals surface area contributed by atoms with E-state index in [0.717, 1.165) is 8.95 Å². The molecule has 6 heteroatoms. The minimum atomic E-state index is -0.247. The van der Waals surface area contributed by atoms with Gasteiger partial charge in [-0.25, -0.2) is 0 Å². The molecule has 104 valence electrons. The van der Waals surface area contributed by atoms with Gasteiger partial charge in [0.05, 0.1) is 17.7 Å². The van der Waals surface area contributed by atoms with Gasteiger partial charge < -0.3 is 10.1 Å². The summed E-state index contributed by atoms with van der Waals surface area (Å²) in [6.07, 6.45) is 0. The monoisotopic (exact) mass is 417 g/mol. The lowest BCUT2D eigenvalue weighted by Gasteiger charge is -2.10. The zero-order valence-electron chi connectivity index (χ0n) is 10.4. The highest BCUT2D eigenvalue weighted by Crippen LogP contribution is 2.27. The summed E-state index contributed by atoms with van der Waals surface area (Å²) in [6.45, 7) is 0. The number of amides is 1. The number of halogens is 3. The lowest BCUT2D eigenvalue weighted by molar-refractivity contribution is 0.102. The molecular weight excluding hydrogens is 409 g/mol. The van der Waals surface area contributed by atoms with Crippen LogP contribution in [0.25, 0.3) is 0 Å². The highest BCUT2D eigenvalue weighted by atomic mass is 79.9. The first-order valence-electron chi connectivity index (χ1n) is 5.61. The van der Waals surface area contributed by atoms with Gasteiger partial charge in [-0.2, -0.15) is 0 Å². The molecule has 0 fully saturated rings. The summed E-state index contributed by atoms with van der Waals surface area (Å²) in [5.41, 5.74) is 1.11. The molecule has 2 rings (SSSR count). The molecule has 0 bridgehead atoms. The number of benzene rings is 2. The number of hydrogen-bond donors (Lipinski definition) is 1. The number of methoxy groups -OCH3 is 1. The van der Waals surface area contributed by atoms with Crippen LogP contribution < -0.4 is 10.1 Å². The predicted octanol–water partition coefficient (Wildman–Crippen LogP) is 5.13. The van der Waals surface area contributed by atoms with Crippen LogP contribution >= 0.6 is 43.5 Å². The van der Waals surface area contributed by atoms with Crippen LogP contribution in [0.15, 0.2) is 45.3 Å². The van der Waals surface area contributed by atoms with Gasteiger partial charge in [-0.15, -0.1) is 0 Å². The molecule has 0 heterocycles. The van der Waals surface area contributed by atoms with Crippen molar-refractivity contribution in [3.05, 3.63) is 55.9 Å². The van der Waals surface area contributed by atoms with E-state index in [1.54, 1.807) is 36.4 Å². The average Bonchev–Trinajstić information content (AvgIpc) is 2.42. The van der Waals surface area contributed by atoms with Crippen LogP contribution in [0.1, 0.15) is 10.4 Å². The number of carbonyl (C=O) groups is 1. The second-order valence-corrected chi connectivity index (χ2v) is 6.10. The van der Waals surface area contributed by atoms with E-state index < -0.39 is 0 Å². The van der Waals surface area contributed by atoms with Crippen molar-refractivity contribution in [1.82, 2.24) is 0 Å². The van der Waals surface area contributed by atoms with Crippen molar-refractivity contribution in [3.8, 4) is 5.75 Å². The Hall–Kier alpha value is -1.04. The van der Waals surface area contributed by atoms with Gasteiger partial charge in [0, 0.05) is 14.6 Å². The van der Waals surface area contributed by atoms with Gasteiger partial charge in [-0.1, -0.05) is 27.5 Å². The molecule has 20 heavy (non-hydrogen) atoms. The molecular formula is C14H10Br2ClNO2. The Morgan fingerprint density at radius 3 is 2.60 bits per heavy atom. The number of ether oxygens (including phenoxy) is 1. The lowest BCUT2D eigenvalue weighted by atomic mass is 10.2. The highest BCUT2D eigenvalue weighted by molar-refractivity contribution is 9.10. The summed E-state index contributed by atoms with van der Waals surface area (Å²) in [7, 11) is 1.53. The van der Waals surface area contributed by atoms with Gasteiger partial charge in [0.15, 0.2) is 0 Å². The number of carbonyl (C=O) groups excluding carboxylic acids is 1. The fraction of sp³-hybridized carbons (Fsp3) is 0.0714. The maximum absolute atomic E-state index is 12.2. The number of rotatable bonds is 3. The molecule has 0 saturated carbocycles. The van der Waals surface area contributed by atoms with Crippen LogP contribution in [-0.2, 0) is 0 Å². The molecule has 0 saturated heterocycles. The molecule has 2 aromatic rings. The van der Waals surface area contributed by atoms with Crippen molar-refractivity contribution in [2.24, 2.45) is 0 Å². The Balaban J connectivity index is 2.25.